The zero-order valence-electron chi connectivity index (χ0n) is 16.8. The molecule has 0 saturated carbocycles. The summed E-state index contributed by atoms with van der Waals surface area (Å²) in [5.41, 5.74) is 4.23. The minimum atomic E-state index is -4.74. The molecule has 0 fully saturated rings. The Morgan fingerprint density at radius 1 is 1.06 bits per heavy atom. The third-order valence-electron chi connectivity index (χ3n) is 4.94. The second-order valence-corrected chi connectivity index (χ2v) is 7.03. The Morgan fingerprint density at radius 2 is 1.75 bits per heavy atom. The van der Waals surface area contributed by atoms with Crippen molar-refractivity contribution in [1.82, 2.24) is 20.1 Å². The van der Waals surface area contributed by atoms with Crippen molar-refractivity contribution < 1.29 is 22.7 Å². The topological polar surface area (TPSA) is 81.4 Å². The van der Waals surface area contributed by atoms with Gasteiger partial charge >= 0.3 is 12.4 Å². The van der Waals surface area contributed by atoms with Crippen molar-refractivity contribution in [3.8, 4) is 22.8 Å². The van der Waals surface area contributed by atoms with Gasteiger partial charge in [0, 0.05) is 11.3 Å². The van der Waals surface area contributed by atoms with E-state index >= 15 is 0 Å². The number of aliphatic imine (C=N–C) groups is 1. The van der Waals surface area contributed by atoms with Crippen molar-refractivity contribution in [1.29, 1.82) is 0 Å². The second kappa shape index (κ2) is 8.66. The number of rotatable bonds is 5. The molecule has 10 heteroatoms. The third kappa shape index (κ3) is 4.85. The van der Waals surface area contributed by atoms with E-state index < -0.39 is 12.4 Å². The van der Waals surface area contributed by atoms with Crippen LogP contribution in [0.5, 0.6) is 5.75 Å². The van der Waals surface area contributed by atoms with E-state index in [4.69, 9.17) is 0 Å². The maximum absolute atomic E-state index is 12.3. The standard InChI is InChI=1S/C22H18F3N5O2/c1-26-21(31)28-19-4-2-3-18(19)14-5-7-15(8-6-14)20-27-13-30(29-20)16-9-11-17(12-10-16)32-22(23,24)25/h5-13H,1-4H2,(H,28,31). The fourth-order valence-electron chi connectivity index (χ4n) is 3.51. The van der Waals surface area contributed by atoms with Crippen molar-refractivity contribution >= 4 is 18.3 Å². The maximum Gasteiger partial charge on any atom is 0.573 e. The number of carbonyl (C=O) groups excluding carboxylic acids is 1. The van der Waals surface area contributed by atoms with Gasteiger partial charge in [0.05, 0.1) is 5.69 Å². The molecule has 2 amide bonds. The number of allylic oxidation sites excluding steroid dienone is 2. The molecule has 4 rings (SSSR count). The number of alkyl halides is 3. The number of hydrogen-bond donors (Lipinski definition) is 1. The van der Waals surface area contributed by atoms with Crippen molar-refractivity contribution in [2.24, 2.45) is 4.99 Å². The summed E-state index contributed by atoms with van der Waals surface area (Å²) >= 11 is 0. The normalized spacial score (nSPS) is 13.8. The van der Waals surface area contributed by atoms with Gasteiger partial charge in [-0.25, -0.2) is 19.5 Å². The predicted octanol–water partition coefficient (Wildman–Crippen LogP) is 5.14. The van der Waals surface area contributed by atoms with Crippen LogP contribution in [0.1, 0.15) is 24.8 Å². The first-order valence-corrected chi connectivity index (χ1v) is 9.71. The van der Waals surface area contributed by atoms with E-state index in [1.807, 2.05) is 24.3 Å². The van der Waals surface area contributed by atoms with Crippen LogP contribution in [0.4, 0.5) is 18.0 Å². The minimum absolute atomic E-state index is 0.308. The van der Waals surface area contributed by atoms with Crippen molar-refractivity contribution in [2.75, 3.05) is 0 Å². The predicted molar refractivity (Wildman–Crippen MR) is 112 cm³/mol. The van der Waals surface area contributed by atoms with Gasteiger partial charge in [-0.2, -0.15) is 0 Å². The fourth-order valence-corrected chi connectivity index (χ4v) is 3.51. The van der Waals surface area contributed by atoms with Gasteiger partial charge in [0.15, 0.2) is 5.82 Å². The minimum Gasteiger partial charge on any atom is -0.406 e. The molecule has 1 aromatic heterocycles. The van der Waals surface area contributed by atoms with E-state index in [2.05, 4.69) is 31.8 Å². The van der Waals surface area contributed by atoms with Gasteiger partial charge in [0.2, 0.25) is 0 Å². The van der Waals surface area contributed by atoms with Gasteiger partial charge in [-0.3, -0.25) is 0 Å². The lowest BCUT2D eigenvalue weighted by atomic mass is 10.0. The highest BCUT2D eigenvalue weighted by Gasteiger charge is 2.31. The number of ether oxygens (including phenoxy) is 1. The molecule has 164 valence electrons. The number of hydrogen-bond acceptors (Lipinski definition) is 4. The van der Waals surface area contributed by atoms with E-state index in [0.717, 1.165) is 41.7 Å². The van der Waals surface area contributed by atoms with Crippen LogP contribution in [-0.4, -0.2) is 33.9 Å². The van der Waals surface area contributed by atoms with Gasteiger partial charge in [-0.1, -0.05) is 24.3 Å². The van der Waals surface area contributed by atoms with Crippen LogP contribution in [0.2, 0.25) is 0 Å². The molecular formula is C22H18F3N5O2. The number of urea groups is 1. The summed E-state index contributed by atoms with van der Waals surface area (Å²) in [4.78, 5) is 19.2. The Bertz CT molecular complexity index is 1170. The van der Waals surface area contributed by atoms with Gasteiger partial charge < -0.3 is 10.1 Å². The summed E-state index contributed by atoms with van der Waals surface area (Å²) in [6.07, 6.45) is -0.678. The van der Waals surface area contributed by atoms with Crippen LogP contribution in [0.25, 0.3) is 22.6 Å². The second-order valence-electron chi connectivity index (χ2n) is 7.03. The monoisotopic (exact) mass is 441 g/mol. The zero-order valence-corrected chi connectivity index (χ0v) is 16.8. The number of nitrogens with one attached hydrogen (secondary N) is 1. The molecule has 3 aromatic rings. The first-order valence-electron chi connectivity index (χ1n) is 9.71. The van der Waals surface area contributed by atoms with Gasteiger partial charge in [-0.05, 0) is 61.4 Å². The van der Waals surface area contributed by atoms with E-state index in [9.17, 15) is 18.0 Å². The Morgan fingerprint density at radius 3 is 2.41 bits per heavy atom. The van der Waals surface area contributed by atoms with Crippen LogP contribution in [0, 0.1) is 0 Å². The molecule has 0 aliphatic heterocycles. The molecule has 0 radical (unpaired) electrons. The number of nitrogens with zero attached hydrogens (tertiary/aromatic N) is 4. The van der Waals surface area contributed by atoms with Gasteiger partial charge in [-0.15, -0.1) is 18.3 Å². The average molecular weight is 441 g/mol. The molecule has 32 heavy (non-hydrogen) atoms. The van der Waals surface area contributed by atoms with Crippen LogP contribution in [-0.2, 0) is 0 Å². The van der Waals surface area contributed by atoms with Crippen LogP contribution >= 0.6 is 0 Å². The van der Waals surface area contributed by atoms with Gasteiger partial charge in [0.25, 0.3) is 0 Å². The highest BCUT2D eigenvalue weighted by molar-refractivity contribution is 5.83. The smallest absolute Gasteiger partial charge is 0.406 e. The number of halogens is 3. The SMILES string of the molecule is C=NC(=O)NC1=C(c2ccc(-c3ncn(-c4ccc(OC(F)(F)F)cc4)n3)cc2)CCC1. The first kappa shape index (κ1) is 21.3. The van der Waals surface area contributed by atoms with Crippen LogP contribution in [0.3, 0.4) is 0 Å². The Balaban J connectivity index is 1.51. The lowest BCUT2D eigenvalue weighted by Crippen LogP contribution is -2.18. The lowest BCUT2D eigenvalue weighted by Gasteiger charge is -2.09. The molecule has 7 nitrogen and oxygen atoms in total. The highest BCUT2D eigenvalue weighted by atomic mass is 19.4. The van der Waals surface area contributed by atoms with E-state index in [1.165, 1.54) is 35.3 Å². The van der Waals surface area contributed by atoms with Gasteiger partial charge in [0.1, 0.15) is 12.1 Å². The van der Waals surface area contributed by atoms with Crippen LogP contribution in [0.15, 0.2) is 65.5 Å². The maximum atomic E-state index is 12.3. The fraction of sp³-hybridized carbons (Fsp3) is 0.182. The highest BCUT2D eigenvalue weighted by Crippen LogP contribution is 2.33. The largest absolute Gasteiger partial charge is 0.573 e. The van der Waals surface area contributed by atoms with Crippen molar-refractivity contribution in [2.45, 2.75) is 25.6 Å². The molecule has 1 aliphatic rings. The molecule has 0 bridgehead atoms. The molecular weight excluding hydrogens is 423 g/mol. The molecule has 2 aromatic carbocycles. The Hall–Kier alpha value is -3.95. The summed E-state index contributed by atoms with van der Waals surface area (Å²) in [6, 6.07) is 12.5. The molecule has 0 atom stereocenters. The quantitative estimate of drug-likeness (QED) is 0.556. The lowest BCUT2D eigenvalue weighted by molar-refractivity contribution is -0.274. The Labute approximate surface area is 181 Å². The zero-order chi connectivity index (χ0) is 22.7. The summed E-state index contributed by atoms with van der Waals surface area (Å²) in [7, 11) is 0. The number of benzene rings is 2. The first-order chi connectivity index (χ1) is 15.3. The number of amides is 2. The van der Waals surface area contributed by atoms with Crippen molar-refractivity contribution in [3.63, 3.8) is 0 Å². The summed E-state index contributed by atoms with van der Waals surface area (Å²) in [6.45, 7) is 3.24. The number of aromatic nitrogens is 3. The van der Waals surface area contributed by atoms with E-state index in [-0.39, 0.29) is 5.75 Å². The molecule has 0 saturated heterocycles. The van der Waals surface area contributed by atoms with Crippen LogP contribution < -0.4 is 10.1 Å². The third-order valence-corrected chi connectivity index (χ3v) is 4.94. The molecule has 0 unspecified atom stereocenters. The molecule has 1 aliphatic carbocycles. The summed E-state index contributed by atoms with van der Waals surface area (Å²) < 4.78 is 42.2. The summed E-state index contributed by atoms with van der Waals surface area (Å²) in [5, 5.41) is 7.18. The molecule has 1 heterocycles. The van der Waals surface area contributed by atoms with E-state index in [1.54, 1.807) is 0 Å². The van der Waals surface area contributed by atoms with Crippen molar-refractivity contribution in [3.05, 3.63) is 66.1 Å². The summed E-state index contributed by atoms with van der Waals surface area (Å²) in [5.74, 6) is 0.162. The number of carbonyl (C=O) groups is 1. The molecule has 1 N–H and O–H groups in total. The van der Waals surface area contributed by atoms with E-state index in [0.29, 0.717) is 11.5 Å². The Kier molecular flexibility index (Phi) is 5.76. The molecule has 0 spiro atoms. The average Bonchev–Trinajstić information content (AvgIpc) is 3.43.